The van der Waals surface area contributed by atoms with Gasteiger partial charge in [0.25, 0.3) is 5.91 Å². The number of carbonyl (C=O) groups is 2. The van der Waals surface area contributed by atoms with Crippen LogP contribution in [0.5, 0.6) is 0 Å². The van der Waals surface area contributed by atoms with Gasteiger partial charge in [0, 0.05) is 18.2 Å². The van der Waals surface area contributed by atoms with Gasteiger partial charge < -0.3 is 22.1 Å². The van der Waals surface area contributed by atoms with E-state index >= 15 is 0 Å². The molecule has 8 nitrogen and oxygen atoms in total. The number of aryl methyl sites for hydroxylation is 1. The summed E-state index contributed by atoms with van der Waals surface area (Å²) in [5, 5.41) is 6.57. The minimum absolute atomic E-state index is 0.00708. The standard InChI is InChI=1S/C25H23FN6O2S/c1-14-10-23(35-32-14)31-20-13-21(18(26)12-17(20)24(27)33)30-22(25(28)34)11-15-5-7-16(8-6-15)19-4-2-3-9-29-19/h2-10,12-13,22,30-31H,11H2,1H3,(H2,27,33)(H2,28,34)/t22-/m1/s1. The predicted octanol–water partition coefficient (Wildman–Crippen LogP) is 4.00. The number of benzene rings is 2. The fraction of sp³-hybridized carbons (Fsp3) is 0.120. The maximum Gasteiger partial charge on any atom is 0.250 e. The SMILES string of the molecule is Cc1cc(Nc2cc(N[C@H](Cc3ccc(-c4ccccn4)cc3)C(N)=O)c(F)cc2C(N)=O)sn1. The summed E-state index contributed by atoms with van der Waals surface area (Å²) in [7, 11) is 0. The van der Waals surface area contributed by atoms with Gasteiger partial charge in [-0.3, -0.25) is 14.6 Å². The normalized spacial score (nSPS) is 11.6. The molecule has 0 radical (unpaired) electrons. The van der Waals surface area contributed by atoms with Crippen LogP contribution in [0.2, 0.25) is 0 Å². The summed E-state index contributed by atoms with van der Waals surface area (Å²) in [6.07, 6.45) is 1.94. The number of halogens is 1. The molecule has 0 unspecified atom stereocenters. The zero-order valence-corrected chi connectivity index (χ0v) is 19.6. The fourth-order valence-corrected chi connectivity index (χ4v) is 4.21. The summed E-state index contributed by atoms with van der Waals surface area (Å²) < 4.78 is 19.0. The molecule has 6 N–H and O–H groups in total. The highest BCUT2D eigenvalue weighted by Crippen LogP contribution is 2.30. The summed E-state index contributed by atoms with van der Waals surface area (Å²) >= 11 is 1.19. The first kappa shape index (κ1) is 23.8. The number of nitrogens with two attached hydrogens (primary N) is 2. The molecule has 35 heavy (non-hydrogen) atoms. The molecule has 0 fully saturated rings. The second kappa shape index (κ2) is 10.3. The van der Waals surface area contributed by atoms with Crippen LogP contribution in [0, 0.1) is 12.7 Å². The van der Waals surface area contributed by atoms with Gasteiger partial charge in [0.1, 0.15) is 16.9 Å². The Morgan fingerprint density at radius 2 is 1.83 bits per heavy atom. The highest BCUT2D eigenvalue weighted by molar-refractivity contribution is 7.10. The van der Waals surface area contributed by atoms with Crippen molar-refractivity contribution in [2.24, 2.45) is 11.5 Å². The Kier molecular flexibility index (Phi) is 7.02. The Morgan fingerprint density at radius 3 is 2.43 bits per heavy atom. The van der Waals surface area contributed by atoms with Crippen molar-refractivity contribution < 1.29 is 14.0 Å². The lowest BCUT2D eigenvalue weighted by atomic mass is 10.0. The molecule has 2 aromatic heterocycles. The first-order valence-corrected chi connectivity index (χ1v) is 11.5. The monoisotopic (exact) mass is 490 g/mol. The van der Waals surface area contributed by atoms with Gasteiger partial charge in [-0.2, -0.15) is 4.37 Å². The summed E-state index contributed by atoms with van der Waals surface area (Å²) in [4.78, 5) is 28.4. The van der Waals surface area contributed by atoms with Crippen LogP contribution in [-0.4, -0.2) is 27.2 Å². The van der Waals surface area contributed by atoms with E-state index in [-0.39, 0.29) is 23.4 Å². The number of hydrogen-bond donors (Lipinski definition) is 4. The lowest BCUT2D eigenvalue weighted by molar-refractivity contribution is -0.118. The molecular formula is C25H23FN6O2S. The Morgan fingerprint density at radius 1 is 1.06 bits per heavy atom. The van der Waals surface area contributed by atoms with Crippen LogP contribution in [0.4, 0.5) is 20.8 Å². The summed E-state index contributed by atoms with van der Waals surface area (Å²) in [5.74, 6) is -2.18. The molecule has 4 rings (SSSR count). The predicted molar refractivity (Wildman–Crippen MR) is 135 cm³/mol. The lowest BCUT2D eigenvalue weighted by Gasteiger charge is -2.19. The van der Waals surface area contributed by atoms with E-state index in [9.17, 15) is 14.0 Å². The average molecular weight is 491 g/mol. The van der Waals surface area contributed by atoms with E-state index in [0.29, 0.717) is 5.00 Å². The fourth-order valence-electron chi connectivity index (χ4n) is 3.54. The first-order valence-electron chi connectivity index (χ1n) is 10.7. The van der Waals surface area contributed by atoms with Gasteiger partial charge in [-0.05, 0) is 54.4 Å². The van der Waals surface area contributed by atoms with Crippen LogP contribution in [0.25, 0.3) is 11.3 Å². The van der Waals surface area contributed by atoms with Crippen molar-refractivity contribution in [1.82, 2.24) is 9.36 Å². The molecule has 4 aromatic rings. The molecular weight excluding hydrogens is 467 g/mol. The number of nitrogens with one attached hydrogen (secondary N) is 2. The minimum Gasteiger partial charge on any atom is -0.371 e. The van der Waals surface area contributed by atoms with E-state index < -0.39 is 23.7 Å². The molecule has 10 heteroatoms. The number of hydrogen-bond acceptors (Lipinski definition) is 7. The summed E-state index contributed by atoms with van der Waals surface area (Å²) in [6.45, 7) is 1.83. The van der Waals surface area contributed by atoms with Crippen molar-refractivity contribution in [2.45, 2.75) is 19.4 Å². The van der Waals surface area contributed by atoms with E-state index in [1.165, 1.54) is 17.6 Å². The average Bonchev–Trinajstić information content (AvgIpc) is 3.25. The largest absolute Gasteiger partial charge is 0.371 e. The second-order valence-corrected chi connectivity index (χ2v) is 8.72. The van der Waals surface area contributed by atoms with Crippen molar-refractivity contribution in [3.63, 3.8) is 0 Å². The zero-order chi connectivity index (χ0) is 24.9. The molecule has 0 bridgehead atoms. The number of primary amides is 2. The molecule has 2 amide bonds. The molecule has 0 aliphatic rings. The van der Waals surface area contributed by atoms with Crippen molar-refractivity contribution >= 4 is 39.7 Å². The quantitative estimate of drug-likeness (QED) is 0.280. The summed E-state index contributed by atoms with van der Waals surface area (Å²) in [5.41, 5.74) is 14.7. The molecule has 0 saturated carbocycles. The van der Waals surface area contributed by atoms with E-state index in [2.05, 4.69) is 20.0 Å². The number of pyridine rings is 1. The number of aromatic nitrogens is 2. The molecule has 0 aliphatic carbocycles. The zero-order valence-electron chi connectivity index (χ0n) is 18.8. The van der Waals surface area contributed by atoms with Gasteiger partial charge in [0.15, 0.2) is 0 Å². The maximum absolute atomic E-state index is 14.9. The lowest BCUT2D eigenvalue weighted by Crippen LogP contribution is -2.37. The molecule has 0 spiro atoms. The van der Waals surface area contributed by atoms with Gasteiger partial charge >= 0.3 is 0 Å². The molecule has 2 aromatic carbocycles. The van der Waals surface area contributed by atoms with Crippen LogP contribution >= 0.6 is 11.5 Å². The second-order valence-electron chi connectivity index (χ2n) is 7.91. The van der Waals surface area contributed by atoms with Gasteiger partial charge in [-0.15, -0.1) is 0 Å². The van der Waals surface area contributed by atoms with Gasteiger partial charge in [-0.1, -0.05) is 30.3 Å². The van der Waals surface area contributed by atoms with Crippen molar-refractivity contribution in [1.29, 1.82) is 0 Å². The number of rotatable bonds is 9. The van der Waals surface area contributed by atoms with E-state index in [4.69, 9.17) is 11.5 Å². The Bertz CT molecular complexity index is 1360. The van der Waals surface area contributed by atoms with Gasteiger partial charge in [0.05, 0.1) is 28.3 Å². The van der Waals surface area contributed by atoms with Crippen LogP contribution < -0.4 is 22.1 Å². The Labute approximate surface area is 205 Å². The maximum atomic E-state index is 14.9. The molecule has 1 atom stereocenters. The number of amides is 2. The number of carbonyl (C=O) groups excluding carboxylic acids is 2. The van der Waals surface area contributed by atoms with Crippen LogP contribution in [-0.2, 0) is 11.2 Å². The Hall–Kier alpha value is -4.31. The molecule has 2 heterocycles. The number of anilines is 3. The first-order chi connectivity index (χ1) is 16.8. The topological polar surface area (TPSA) is 136 Å². The minimum atomic E-state index is -0.900. The van der Waals surface area contributed by atoms with E-state index in [1.807, 2.05) is 49.4 Å². The van der Waals surface area contributed by atoms with Crippen LogP contribution in [0.3, 0.4) is 0 Å². The van der Waals surface area contributed by atoms with Gasteiger partial charge in [0.2, 0.25) is 5.91 Å². The highest BCUT2D eigenvalue weighted by atomic mass is 32.1. The molecule has 0 aliphatic heterocycles. The summed E-state index contributed by atoms with van der Waals surface area (Å²) in [6, 6.07) is 16.5. The van der Waals surface area contributed by atoms with Gasteiger partial charge in [-0.25, -0.2) is 4.39 Å². The van der Waals surface area contributed by atoms with E-state index in [1.54, 1.807) is 12.3 Å². The third-order valence-corrected chi connectivity index (χ3v) is 6.08. The molecule has 178 valence electrons. The van der Waals surface area contributed by atoms with Crippen LogP contribution in [0.15, 0.2) is 66.9 Å². The molecule has 0 saturated heterocycles. The number of nitrogens with zero attached hydrogens (tertiary/aromatic N) is 2. The van der Waals surface area contributed by atoms with Crippen molar-refractivity contribution in [3.05, 3.63) is 89.5 Å². The van der Waals surface area contributed by atoms with Crippen molar-refractivity contribution in [2.75, 3.05) is 10.6 Å². The smallest absolute Gasteiger partial charge is 0.250 e. The third kappa shape index (κ3) is 5.79. The van der Waals surface area contributed by atoms with E-state index in [0.717, 1.165) is 28.6 Å². The van der Waals surface area contributed by atoms with Crippen molar-refractivity contribution in [3.8, 4) is 11.3 Å². The highest BCUT2D eigenvalue weighted by Gasteiger charge is 2.21. The third-order valence-electron chi connectivity index (χ3n) is 5.29. The van der Waals surface area contributed by atoms with Crippen LogP contribution in [0.1, 0.15) is 21.6 Å². The Balaban J connectivity index is 1.57.